The van der Waals surface area contributed by atoms with Crippen LogP contribution in [0.4, 0.5) is 4.79 Å². The number of benzene rings is 1. The van der Waals surface area contributed by atoms with Gasteiger partial charge in [-0.15, -0.1) is 0 Å². The van der Waals surface area contributed by atoms with Gasteiger partial charge in [0.25, 0.3) is 5.91 Å². The number of amides is 2. The highest BCUT2D eigenvalue weighted by Gasteiger charge is 2.36. The van der Waals surface area contributed by atoms with Gasteiger partial charge in [-0.2, -0.15) is 0 Å². The first-order valence-electron chi connectivity index (χ1n) is 13.9. The number of carbonyl (C=O) groups is 2. The van der Waals surface area contributed by atoms with Crippen molar-refractivity contribution in [2.45, 2.75) is 96.9 Å². The zero-order valence-electron chi connectivity index (χ0n) is 23.8. The predicted molar refractivity (Wildman–Crippen MR) is 151 cm³/mol. The van der Waals surface area contributed by atoms with Crippen LogP contribution in [0.3, 0.4) is 0 Å². The number of carboxylic acid groups (broad SMARTS) is 1. The van der Waals surface area contributed by atoms with Crippen molar-refractivity contribution in [2.75, 3.05) is 7.11 Å². The maximum atomic E-state index is 13.4. The number of nitrogens with one attached hydrogen (secondary N) is 1. The Bertz CT molecular complexity index is 1230. The molecule has 0 radical (unpaired) electrons. The molecule has 1 aromatic heterocycles. The van der Waals surface area contributed by atoms with Gasteiger partial charge in [0.15, 0.2) is 0 Å². The van der Waals surface area contributed by atoms with Crippen LogP contribution in [-0.4, -0.2) is 51.8 Å². The molecule has 2 aliphatic rings. The van der Waals surface area contributed by atoms with E-state index in [4.69, 9.17) is 9.47 Å². The molecule has 1 aliphatic carbocycles. The van der Waals surface area contributed by atoms with Crippen molar-refractivity contribution in [3.8, 4) is 11.6 Å². The Morgan fingerprint density at radius 2 is 1.87 bits per heavy atom. The zero-order valence-corrected chi connectivity index (χ0v) is 23.8. The number of rotatable bonds is 4. The summed E-state index contributed by atoms with van der Waals surface area (Å²) in [5.41, 5.74) is 3.94. The second kappa shape index (κ2) is 12.1. The summed E-state index contributed by atoms with van der Waals surface area (Å²) in [5, 5.41) is 12.9. The van der Waals surface area contributed by atoms with E-state index < -0.39 is 11.6 Å². The fourth-order valence-corrected chi connectivity index (χ4v) is 5.83. The van der Waals surface area contributed by atoms with Gasteiger partial charge >= 0.3 is 6.09 Å². The Balaban J connectivity index is 1.53. The molecule has 8 heteroatoms. The van der Waals surface area contributed by atoms with Crippen LogP contribution in [0, 0.1) is 6.92 Å². The fraction of sp³-hybridized carbons (Fsp3) is 0.516. The largest absolute Gasteiger partial charge is 0.490 e. The minimum atomic E-state index is -0.876. The highest BCUT2D eigenvalue weighted by Crippen LogP contribution is 2.33. The Morgan fingerprint density at radius 1 is 1.13 bits per heavy atom. The van der Waals surface area contributed by atoms with Gasteiger partial charge < -0.3 is 24.8 Å². The normalized spacial score (nSPS) is 20.8. The summed E-state index contributed by atoms with van der Waals surface area (Å²) < 4.78 is 12.0. The molecule has 0 bridgehead atoms. The maximum Gasteiger partial charge on any atom is 0.407 e. The second-order valence-electron chi connectivity index (χ2n) is 11.5. The number of hydrogen-bond acceptors (Lipinski definition) is 5. The molecule has 1 aromatic carbocycles. The SMILES string of the molecule is COc1nc(C)cc2c1CNC(=O)c1cccc(OC3CCC(N(C(=O)O)C(C)(C)C)CC3)c1C/C=C/CC2. The molecule has 2 N–H and O–H groups in total. The second-order valence-corrected chi connectivity index (χ2v) is 11.5. The molecular formula is C31H41N3O5. The minimum absolute atomic E-state index is 0.0226. The van der Waals surface area contributed by atoms with E-state index in [-0.39, 0.29) is 18.1 Å². The van der Waals surface area contributed by atoms with Gasteiger partial charge in [0, 0.05) is 40.5 Å². The quantitative estimate of drug-likeness (QED) is 0.477. The first kappa shape index (κ1) is 28.5. The predicted octanol–water partition coefficient (Wildman–Crippen LogP) is 5.84. The van der Waals surface area contributed by atoms with Gasteiger partial charge in [-0.25, -0.2) is 9.78 Å². The van der Waals surface area contributed by atoms with Gasteiger partial charge in [-0.1, -0.05) is 18.2 Å². The van der Waals surface area contributed by atoms with Crippen LogP contribution in [-0.2, 0) is 19.4 Å². The van der Waals surface area contributed by atoms with E-state index in [0.29, 0.717) is 30.2 Å². The first-order chi connectivity index (χ1) is 18.6. The van der Waals surface area contributed by atoms with Crippen molar-refractivity contribution in [2.24, 2.45) is 0 Å². The summed E-state index contributed by atoms with van der Waals surface area (Å²) in [5.74, 6) is 1.10. The fourth-order valence-electron chi connectivity index (χ4n) is 5.83. The van der Waals surface area contributed by atoms with E-state index in [1.165, 1.54) is 0 Å². The summed E-state index contributed by atoms with van der Waals surface area (Å²) in [4.78, 5) is 31.4. The lowest BCUT2D eigenvalue weighted by Crippen LogP contribution is -2.52. The van der Waals surface area contributed by atoms with Crippen molar-refractivity contribution >= 4 is 12.0 Å². The summed E-state index contributed by atoms with van der Waals surface area (Å²) in [6.07, 6.45) is 8.68. The van der Waals surface area contributed by atoms with Crippen LogP contribution in [0.1, 0.15) is 85.6 Å². The number of hydrogen-bond donors (Lipinski definition) is 2. The Hall–Kier alpha value is -3.55. The van der Waals surface area contributed by atoms with Crippen LogP contribution in [0.25, 0.3) is 0 Å². The first-order valence-corrected chi connectivity index (χ1v) is 13.9. The molecule has 0 saturated heterocycles. The third-order valence-corrected chi connectivity index (χ3v) is 7.60. The molecule has 39 heavy (non-hydrogen) atoms. The molecule has 0 atom stereocenters. The van der Waals surface area contributed by atoms with Crippen molar-refractivity contribution in [3.63, 3.8) is 0 Å². The summed E-state index contributed by atoms with van der Waals surface area (Å²) in [6.45, 7) is 8.09. The van der Waals surface area contributed by atoms with Gasteiger partial charge in [0.2, 0.25) is 5.88 Å². The molecule has 1 aliphatic heterocycles. The lowest BCUT2D eigenvalue weighted by molar-refractivity contribution is 0.0366. The van der Waals surface area contributed by atoms with Crippen LogP contribution < -0.4 is 14.8 Å². The van der Waals surface area contributed by atoms with Crippen molar-refractivity contribution < 1.29 is 24.2 Å². The van der Waals surface area contributed by atoms with E-state index in [9.17, 15) is 14.7 Å². The van der Waals surface area contributed by atoms with Crippen LogP contribution in [0.5, 0.6) is 11.6 Å². The number of nitrogens with zero attached hydrogens (tertiary/aromatic N) is 2. The molecule has 0 spiro atoms. The maximum absolute atomic E-state index is 13.4. The van der Waals surface area contributed by atoms with Gasteiger partial charge in [0.05, 0.1) is 13.2 Å². The summed E-state index contributed by atoms with van der Waals surface area (Å²) in [7, 11) is 1.61. The lowest BCUT2D eigenvalue weighted by atomic mass is 9.89. The average molecular weight is 536 g/mol. The number of methoxy groups -OCH3 is 1. The topological polar surface area (TPSA) is 101 Å². The summed E-state index contributed by atoms with van der Waals surface area (Å²) >= 11 is 0. The smallest absolute Gasteiger partial charge is 0.407 e. The Kier molecular flexibility index (Phi) is 8.83. The molecule has 2 aromatic rings. The number of allylic oxidation sites excluding steroid dienone is 2. The number of fused-ring (bicyclic) bond motifs is 2. The van der Waals surface area contributed by atoms with E-state index >= 15 is 0 Å². The lowest BCUT2D eigenvalue weighted by Gasteiger charge is -2.42. The van der Waals surface area contributed by atoms with Crippen molar-refractivity contribution in [1.82, 2.24) is 15.2 Å². The average Bonchev–Trinajstić information content (AvgIpc) is 2.87. The minimum Gasteiger partial charge on any atom is -0.490 e. The van der Waals surface area contributed by atoms with E-state index in [0.717, 1.165) is 60.9 Å². The van der Waals surface area contributed by atoms with Crippen molar-refractivity contribution in [3.05, 3.63) is 64.4 Å². The molecule has 2 heterocycles. The number of carbonyl (C=O) groups excluding carboxylic acids is 1. The molecule has 1 fully saturated rings. The van der Waals surface area contributed by atoms with Gasteiger partial charge in [-0.05, 0) is 96.4 Å². The molecule has 8 nitrogen and oxygen atoms in total. The van der Waals surface area contributed by atoms with E-state index in [1.807, 2.05) is 45.9 Å². The monoisotopic (exact) mass is 535 g/mol. The zero-order chi connectivity index (χ0) is 28.2. The molecule has 1 saturated carbocycles. The van der Waals surface area contributed by atoms with Gasteiger partial charge in [-0.3, -0.25) is 4.79 Å². The van der Waals surface area contributed by atoms with Crippen LogP contribution in [0.2, 0.25) is 0 Å². The van der Waals surface area contributed by atoms with Crippen molar-refractivity contribution in [1.29, 1.82) is 0 Å². The molecule has 0 unspecified atom stereocenters. The Labute approximate surface area is 231 Å². The highest BCUT2D eigenvalue weighted by atomic mass is 16.5. The van der Waals surface area contributed by atoms with Gasteiger partial charge in [0.1, 0.15) is 5.75 Å². The molecule has 4 rings (SSSR count). The molecular weight excluding hydrogens is 494 g/mol. The number of aryl methyl sites for hydroxylation is 2. The Morgan fingerprint density at radius 3 is 2.54 bits per heavy atom. The van der Waals surface area contributed by atoms with E-state index in [2.05, 4.69) is 28.5 Å². The van der Waals surface area contributed by atoms with E-state index in [1.54, 1.807) is 12.0 Å². The standard InChI is InChI=1S/C31H41N3O5/c1-20-18-21-10-7-6-8-11-24-25(28(35)32-19-26(21)29(33-20)38-5)12-9-13-27(24)39-23-16-14-22(15-17-23)34(30(36)37)31(2,3)4/h6,8-9,12-13,18,22-23H,7,10-11,14-17,19H2,1-5H3,(H,32,35)(H,36,37)/b8-6+. The van der Waals surface area contributed by atoms with Crippen LogP contribution >= 0.6 is 0 Å². The third kappa shape index (κ3) is 6.72. The number of ether oxygens (including phenoxy) is 2. The number of aromatic nitrogens is 1. The summed E-state index contributed by atoms with van der Waals surface area (Å²) in [6, 6.07) is 7.68. The van der Waals surface area contributed by atoms with Crippen LogP contribution in [0.15, 0.2) is 36.4 Å². The third-order valence-electron chi connectivity index (χ3n) is 7.60. The highest BCUT2D eigenvalue weighted by molar-refractivity contribution is 5.96. The molecule has 2 amide bonds. The molecule has 210 valence electrons. The number of pyridine rings is 1.